The van der Waals surface area contributed by atoms with Crippen LogP contribution >= 0.6 is 0 Å². The number of fused-ring (bicyclic) bond motifs is 1. The van der Waals surface area contributed by atoms with Crippen LogP contribution in [-0.2, 0) is 9.53 Å². The first kappa shape index (κ1) is 13.4. The van der Waals surface area contributed by atoms with E-state index in [0.717, 1.165) is 6.42 Å². The van der Waals surface area contributed by atoms with Gasteiger partial charge >= 0.3 is 0 Å². The van der Waals surface area contributed by atoms with Gasteiger partial charge in [-0.3, -0.25) is 4.79 Å². The van der Waals surface area contributed by atoms with Gasteiger partial charge in [-0.2, -0.15) is 0 Å². The first-order chi connectivity index (χ1) is 8.41. The van der Waals surface area contributed by atoms with E-state index in [1.54, 1.807) is 4.90 Å². The molecule has 1 saturated heterocycles. The Morgan fingerprint density at radius 2 is 2.28 bits per heavy atom. The molecule has 1 heterocycles. The van der Waals surface area contributed by atoms with E-state index >= 15 is 0 Å². The van der Waals surface area contributed by atoms with Crippen molar-refractivity contribution < 1.29 is 9.53 Å². The maximum atomic E-state index is 12.7. The van der Waals surface area contributed by atoms with Gasteiger partial charge in [0, 0.05) is 24.5 Å². The Balaban J connectivity index is 2.26. The van der Waals surface area contributed by atoms with E-state index in [0.29, 0.717) is 19.7 Å². The summed E-state index contributed by atoms with van der Waals surface area (Å²) in [5.74, 6) is 2.63. The lowest BCUT2D eigenvalue weighted by molar-refractivity contribution is -0.183. The fourth-order valence-corrected chi connectivity index (χ4v) is 3.52. The first-order valence-electron chi connectivity index (χ1n) is 6.54. The molecule has 3 unspecified atom stereocenters. The molecule has 4 nitrogen and oxygen atoms in total. The number of amides is 1. The summed E-state index contributed by atoms with van der Waals surface area (Å²) in [4.78, 5) is 14.3. The van der Waals surface area contributed by atoms with Crippen LogP contribution in [0.4, 0.5) is 0 Å². The van der Waals surface area contributed by atoms with Crippen LogP contribution in [0, 0.1) is 23.7 Å². The normalized spacial score (nSPS) is 36.4. The average Bonchev–Trinajstić information content (AvgIpc) is 2.82. The summed E-state index contributed by atoms with van der Waals surface area (Å²) in [6.45, 7) is 7.57. The van der Waals surface area contributed by atoms with Gasteiger partial charge in [0.25, 0.3) is 0 Å². The molecule has 2 N–H and O–H groups in total. The van der Waals surface area contributed by atoms with Crippen LogP contribution < -0.4 is 5.73 Å². The Labute approximate surface area is 109 Å². The van der Waals surface area contributed by atoms with Crippen LogP contribution in [0.1, 0.15) is 27.2 Å². The molecular weight excluding hydrogens is 228 g/mol. The minimum absolute atomic E-state index is 0.0281. The largest absolute Gasteiger partial charge is 0.377 e. The summed E-state index contributed by atoms with van der Waals surface area (Å²) in [6, 6.07) is 0. The molecule has 1 amide bonds. The summed E-state index contributed by atoms with van der Waals surface area (Å²) in [5.41, 5.74) is 5.32. The zero-order valence-electron chi connectivity index (χ0n) is 11.4. The third-order valence-corrected chi connectivity index (χ3v) is 4.76. The SMILES string of the molecule is C#CCN(CC)C(=O)C1(N)C2CCOC2C1(C)C. The van der Waals surface area contributed by atoms with E-state index in [-0.39, 0.29) is 23.3 Å². The Morgan fingerprint density at radius 1 is 1.61 bits per heavy atom. The monoisotopic (exact) mass is 250 g/mol. The van der Waals surface area contributed by atoms with Crippen molar-refractivity contribution in [3.63, 3.8) is 0 Å². The topological polar surface area (TPSA) is 55.6 Å². The second kappa shape index (κ2) is 4.25. The maximum absolute atomic E-state index is 12.7. The zero-order valence-corrected chi connectivity index (χ0v) is 11.4. The molecule has 0 aromatic carbocycles. The molecule has 3 atom stereocenters. The number of nitrogens with zero attached hydrogens (tertiary/aromatic N) is 1. The van der Waals surface area contributed by atoms with Gasteiger partial charge in [0.05, 0.1) is 12.6 Å². The number of nitrogens with two attached hydrogens (primary N) is 1. The summed E-state index contributed by atoms with van der Waals surface area (Å²) in [7, 11) is 0. The van der Waals surface area contributed by atoms with E-state index in [9.17, 15) is 4.79 Å². The molecule has 1 aliphatic heterocycles. The number of carbonyl (C=O) groups is 1. The van der Waals surface area contributed by atoms with Crippen LogP contribution in [0.3, 0.4) is 0 Å². The lowest BCUT2D eigenvalue weighted by Gasteiger charge is -2.61. The number of rotatable bonds is 3. The van der Waals surface area contributed by atoms with Crippen LogP contribution in [0.25, 0.3) is 0 Å². The molecular formula is C14H22N2O2. The lowest BCUT2D eigenvalue weighted by atomic mass is 9.47. The highest BCUT2D eigenvalue weighted by Gasteiger charge is 2.71. The van der Waals surface area contributed by atoms with E-state index in [4.69, 9.17) is 16.9 Å². The van der Waals surface area contributed by atoms with Crippen molar-refractivity contribution in [2.75, 3.05) is 19.7 Å². The van der Waals surface area contributed by atoms with Crippen LogP contribution in [0.5, 0.6) is 0 Å². The first-order valence-corrected chi connectivity index (χ1v) is 6.54. The molecule has 2 aliphatic rings. The Hall–Kier alpha value is -1.05. The van der Waals surface area contributed by atoms with E-state index in [1.165, 1.54) is 0 Å². The standard InChI is InChI=1S/C14H22N2O2/c1-5-8-16(6-2)12(17)14(15)10-7-9-18-11(10)13(14,3)4/h1,10-11H,6-9,15H2,2-4H3. The molecule has 18 heavy (non-hydrogen) atoms. The van der Waals surface area contributed by atoms with Crippen molar-refractivity contribution in [2.24, 2.45) is 17.1 Å². The van der Waals surface area contributed by atoms with E-state index in [1.807, 2.05) is 20.8 Å². The van der Waals surface area contributed by atoms with Gasteiger partial charge in [-0.1, -0.05) is 19.8 Å². The fourth-order valence-electron chi connectivity index (χ4n) is 3.52. The fraction of sp³-hybridized carbons (Fsp3) is 0.786. The van der Waals surface area contributed by atoms with Gasteiger partial charge in [0.15, 0.2) is 0 Å². The summed E-state index contributed by atoms with van der Waals surface area (Å²) < 4.78 is 5.70. The van der Waals surface area contributed by atoms with Gasteiger partial charge in [-0.25, -0.2) is 0 Å². The third kappa shape index (κ3) is 1.44. The van der Waals surface area contributed by atoms with Crippen LogP contribution in [-0.4, -0.2) is 42.1 Å². The van der Waals surface area contributed by atoms with Gasteiger partial charge in [-0.05, 0) is 13.3 Å². The summed E-state index contributed by atoms with van der Waals surface area (Å²) in [6.07, 6.45) is 6.28. The lowest BCUT2D eigenvalue weighted by Crippen LogP contribution is -2.80. The molecule has 0 spiro atoms. The number of carbonyl (C=O) groups excluding carboxylic acids is 1. The molecule has 4 heteroatoms. The zero-order chi connectivity index (χ0) is 13.6. The molecule has 1 saturated carbocycles. The predicted molar refractivity (Wildman–Crippen MR) is 69.6 cm³/mol. The quantitative estimate of drug-likeness (QED) is 0.747. The minimum Gasteiger partial charge on any atom is -0.377 e. The van der Waals surface area contributed by atoms with Crippen molar-refractivity contribution in [1.29, 1.82) is 0 Å². The van der Waals surface area contributed by atoms with Gasteiger partial charge in [0.2, 0.25) is 5.91 Å². The molecule has 2 fully saturated rings. The highest BCUT2D eigenvalue weighted by Crippen LogP contribution is 2.58. The maximum Gasteiger partial charge on any atom is 0.244 e. The van der Waals surface area contributed by atoms with Gasteiger partial charge in [-0.15, -0.1) is 6.42 Å². The number of hydrogen-bond donors (Lipinski definition) is 1. The molecule has 2 rings (SSSR count). The summed E-state index contributed by atoms with van der Waals surface area (Å²) in [5, 5.41) is 0. The second-order valence-corrected chi connectivity index (χ2v) is 5.80. The number of terminal acetylenes is 1. The Morgan fingerprint density at radius 3 is 2.83 bits per heavy atom. The molecule has 1 aliphatic carbocycles. The molecule has 0 aromatic heterocycles. The highest BCUT2D eigenvalue weighted by atomic mass is 16.5. The number of hydrogen-bond acceptors (Lipinski definition) is 3. The van der Waals surface area contributed by atoms with Crippen molar-refractivity contribution in [3.8, 4) is 12.3 Å². The van der Waals surface area contributed by atoms with Gasteiger partial charge in [0.1, 0.15) is 5.54 Å². The number of likely N-dealkylation sites (N-methyl/N-ethyl adjacent to an activating group) is 1. The highest BCUT2D eigenvalue weighted by molar-refractivity contribution is 5.89. The molecule has 0 aromatic rings. The van der Waals surface area contributed by atoms with Crippen LogP contribution in [0.15, 0.2) is 0 Å². The Kier molecular flexibility index (Phi) is 3.16. The van der Waals surface area contributed by atoms with E-state index < -0.39 is 5.54 Å². The van der Waals surface area contributed by atoms with Gasteiger partial charge < -0.3 is 15.4 Å². The molecule has 0 bridgehead atoms. The van der Waals surface area contributed by atoms with Crippen molar-refractivity contribution in [2.45, 2.75) is 38.8 Å². The van der Waals surface area contributed by atoms with Crippen molar-refractivity contribution >= 4 is 5.91 Å². The van der Waals surface area contributed by atoms with E-state index in [2.05, 4.69) is 5.92 Å². The Bertz CT molecular complexity index is 399. The third-order valence-electron chi connectivity index (χ3n) is 4.76. The average molecular weight is 250 g/mol. The smallest absolute Gasteiger partial charge is 0.244 e. The second-order valence-electron chi connectivity index (χ2n) is 5.80. The summed E-state index contributed by atoms with van der Waals surface area (Å²) >= 11 is 0. The number of ether oxygens (including phenoxy) is 1. The van der Waals surface area contributed by atoms with Crippen molar-refractivity contribution in [3.05, 3.63) is 0 Å². The predicted octanol–water partition coefficient (Wildman–Crippen LogP) is 0.610. The van der Waals surface area contributed by atoms with Crippen LogP contribution in [0.2, 0.25) is 0 Å². The van der Waals surface area contributed by atoms with Crippen molar-refractivity contribution in [1.82, 2.24) is 4.90 Å². The molecule has 100 valence electrons. The molecule has 0 radical (unpaired) electrons. The minimum atomic E-state index is -0.832.